The fourth-order valence-electron chi connectivity index (χ4n) is 1.73. The number of nitrogens with zero attached hydrogens (tertiary/aromatic N) is 1. The molecule has 0 bridgehead atoms. The molecule has 1 aromatic heterocycles. The Morgan fingerprint density at radius 2 is 2.15 bits per heavy atom. The molecule has 5 heteroatoms. The molecule has 0 aliphatic rings. The second kappa shape index (κ2) is 8.76. The molecule has 1 atom stereocenters. The average Bonchev–Trinajstić information content (AvgIpc) is 2.82. The van der Waals surface area contributed by atoms with Crippen LogP contribution in [0.2, 0.25) is 0 Å². The van der Waals surface area contributed by atoms with Crippen LogP contribution in [0, 0.1) is 5.92 Å². The molecule has 114 valence electrons. The molecule has 0 saturated heterocycles. The molecule has 0 aromatic carbocycles. The van der Waals surface area contributed by atoms with Gasteiger partial charge in [0.25, 0.3) is 0 Å². The van der Waals surface area contributed by atoms with Gasteiger partial charge in [-0.05, 0) is 24.5 Å². The van der Waals surface area contributed by atoms with Crippen LogP contribution in [-0.2, 0) is 22.6 Å². The highest BCUT2D eigenvalue weighted by atomic mass is 16.5. The summed E-state index contributed by atoms with van der Waals surface area (Å²) in [6, 6.07) is 2.23. The van der Waals surface area contributed by atoms with Gasteiger partial charge in [0, 0.05) is 38.6 Å². The number of methoxy groups -OCH3 is 1. The standard InChI is InChI=1S/C15H27N3O2/c1-12(2)13(3)17-15(19)11-18-7-5-14(10-18)9-16-6-8-20-4/h5,7,10,12-13,16H,6,8-9,11H2,1-4H3,(H,17,19). The van der Waals surface area contributed by atoms with Crippen LogP contribution in [0.1, 0.15) is 26.3 Å². The van der Waals surface area contributed by atoms with Gasteiger partial charge >= 0.3 is 0 Å². The lowest BCUT2D eigenvalue weighted by Crippen LogP contribution is -2.37. The molecule has 0 spiro atoms. The smallest absolute Gasteiger partial charge is 0.240 e. The molecule has 20 heavy (non-hydrogen) atoms. The van der Waals surface area contributed by atoms with Crippen LogP contribution in [0.15, 0.2) is 18.5 Å². The first-order chi connectivity index (χ1) is 9.52. The highest BCUT2D eigenvalue weighted by Crippen LogP contribution is 2.03. The second-order valence-corrected chi connectivity index (χ2v) is 5.46. The third-order valence-corrected chi connectivity index (χ3v) is 3.34. The highest BCUT2D eigenvalue weighted by molar-refractivity contribution is 5.76. The van der Waals surface area contributed by atoms with Crippen LogP contribution in [0.4, 0.5) is 0 Å². The maximum atomic E-state index is 11.9. The lowest BCUT2D eigenvalue weighted by Gasteiger charge is -2.17. The Balaban J connectivity index is 2.34. The van der Waals surface area contributed by atoms with Gasteiger partial charge < -0.3 is 19.9 Å². The minimum atomic E-state index is 0.0562. The summed E-state index contributed by atoms with van der Waals surface area (Å²) in [6.07, 6.45) is 3.94. The SMILES string of the molecule is COCCNCc1ccn(CC(=O)NC(C)C(C)C)c1. The van der Waals surface area contributed by atoms with Crippen LogP contribution >= 0.6 is 0 Å². The Hall–Kier alpha value is -1.33. The highest BCUT2D eigenvalue weighted by Gasteiger charge is 2.10. The minimum absolute atomic E-state index is 0.0562. The first-order valence-corrected chi connectivity index (χ1v) is 7.16. The third kappa shape index (κ3) is 6.21. The van der Waals surface area contributed by atoms with Crippen molar-refractivity contribution in [2.75, 3.05) is 20.3 Å². The van der Waals surface area contributed by atoms with Gasteiger partial charge in [-0.2, -0.15) is 0 Å². The zero-order chi connectivity index (χ0) is 15.0. The van der Waals surface area contributed by atoms with E-state index in [0.717, 1.165) is 13.1 Å². The quantitative estimate of drug-likeness (QED) is 0.673. The number of nitrogens with one attached hydrogen (secondary N) is 2. The molecular formula is C15H27N3O2. The van der Waals surface area contributed by atoms with Gasteiger partial charge in [0.05, 0.1) is 6.61 Å². The molecule has 0 aliphatic heterocycles. The third-order valence-electron chi connectivity index (χ3n) is 3.34. The second-order valence-electron chi connectivity index (χ2n) is 5.46. The van der Waals surface area contributed by atoms with Gasteiger partial charge in [0.2, 0.25) is 5.91 Å². The monoisotopic (exact) mass is 281 g/mol. The number of carbonyl (C=O) groups is 1. The largest absolute Gasteiger partial charge is 0.383 e. The van der Waals surface area contributed by atoms with Crippen molar-refractivity contribution in [3.63, 3.8) is 0 Å². The number of ether oxygens (including phenoxy) is 1. The predicted octanol–water partition coefficient (Wildman–Crippen LogP) is 1.38. The molecule has 5 nitrogen and oxygen atoms in total. The van der Waals surface area contributed by atoms with Gasteiger partial charge in [-0.25, -0.2) is 0 Å². The maximum Gasteiger partial charge on any atom is 0.240 e. The molecule has 0 saturated carbocycles. The molecule has 1 amide bonds. The van der Waals surface area contributed by atoms with E-state index in [9.17, 15) is 4.79 Å². The van der Waals surface area contributed by atoms with E-state index < -0.39 is 0 Å². The fourth-order valence-corrected chi connectivity index (χ4v) is 1.73. The van der Waals surface area contributed by atoms with Crippen molar-refractivity contribution in [3.05, 3.63) is 24.0 Å². The predicted molar refractivity (Wildman–Crippen MR) is 80.5 cm³/mol. The first kappa shape index (κ1) is 16.7. The summed E-state index contributed by atoms with van der Waals surface area (Å²) in [5.74, 6) is 0.504. The number of carbonyl (C=O) groups excluding carboxylic acids is 1. The first-order valence-electron chi connectivity index (χ1n) is 7.16. The summed E-state index contributed by atoms with van der Waals surface area (Å²) in [6.45, 7) is 8.93. The Morgan fingerprint density at radius 1 is 1.40 bits per heavy atom. The summed E-state index contributed by atoms with van der Waals surface area (Å²) in [5.41, 5.74) is 1.17. The van der Waals surface area contributed by atoms with E-state index in [1.54, 1.807) is 7.11 Å². The van der Waals surface area contributed by atoms with Crippen molar-refractivity contribution in [3.8, 4) is 0 Å². The normalized spacial score (nSPS) is 12.7. The molecule has 1 unspecified atom stereocenters. The van der Waals surface area contributed by atoms with E-state index in [1.165, 1.54) is 5.56 Å². The lowest BCUT2D eigenvalue weighted by atomic mass is 10.1. The van der Waals surface area contributed by atoms with E-state index in [2.05, 4.69) is 24.5 Å². The van der Waals surface area contributed by atoms with Crippen molar-refractivity contribution in [1.82, 2.24) is 15.2 Å². The summed E-state index contributed by atoms with van der Waals surface area (Å²) in [5, 5.41) is 6.28. The van der Waals surface area contributed by atoms with Crippen LogP contribution in [-0.4, -0.2) is 36.8 Å². The topological polar surface area (TPSA) is 55.3 Å². The van der Waals surface area contributed by atoms with Gasteiger partial charge in [0.1, 0.15) is 6.54 Å². The fraction of sp³-hybridized carbons (Fsp3) is 0.667. The lowest BCUT2D eigenvalue weighted by molar-refractivity contribution is -0.122. The summed E-state index contributed by atoms with van der Waals surface area (Å²) < 4.78 is 6.89. The molecule has 1 rings (SSSR count). The zero-order valence-corrected chi connectivity index (χ0v) is 13.0. The Labute approximate surface area is 121 Å². The molecule has 0 fully saturated rings. The van der Waals surface area contributed by atoms with Crippen molar-refractivity contribution in [2.45, 2.75) is 39.9 Å². The van der Waals surface area contributed by atoms with Gasteiger partial charge in [-0.15, -0.1) is 0 Å². The molecule has 1 heterocycles. The molecule has 1 aromatic rings. The van der Waals surface area contributed by atoms with Crippen molar-refractivity contribution >= 4 is 5.91 Å². The number of amides is 1. The van der Waals surface area contributed by atoms with Crippen LogP contribution in [0.25, 0.3) is 0 Å². The van der Waals surface area contributed by atoms with Gasteiger partial charge in [-0.1, -0.05) is 13.8 Å². The maximum absolute atomic E-state index is 11.9. The van der Waals surface area contributed by atoms with E-state index in [1.807, 2.05) is 30.0 Å². The molecule has 2 N–H and O–H groups in total. The summed E-state index contributed by atoms with van der Waals surface area (Å²) >= 11 is 0. The van der Waals surface area contributed by atoms with Crippen molar-refractivity contribution in [2.24, 2.45) is 5.92 Å². The average molecular weight is 281 g/mol. The molecular weight excluding hydrogens is 254 g/mol. The number of hydrogen-bond acceptors (Lipinski definition) is 3. The Morgan fingerprint density at radius 3 is 2.80 bits per heavy atom. The van der Waals surface area contributed by atoms with Gasteiger partial charge in [0.15, 0.2) is 0 Å². The molecule has 0 radical (unpaired) electrons. The molecule has 0 aliphatic carbocycles. The van der Waals surface area contributed by atoms with E-state index in [0.29, 0.717) is 19.1 Å². The number of rotatable bonds is 9. The van der Waals surface area contributed by atoms with E-state index in [4.69, 9.17) is 4.74 Å². The van der Waals surface area contributed by atoms with Crippen LogP contribution in [0.3, 0.4) is 0 Å². The minimum Gasteiger partial charge on any atom is -0.383 e. The number of hydrogen-bond donors (Lipinski definition) is 2. The summed E-state index contributed by atoms with van der Waals surface area (Å²) in [7, 11) is 1.69. The summed E-state index contributed by atoms with van der Waals surface area (Å²) in [4.78, 5) is 11.9. The van der Waals surface area contributed by atoms with Gasteiger partial charge in [-0.3, -0.25) is 4.79 Å². The zero-order valence-electron chi connectivity index (χ0n) is 13.0. The Kier molecular flexibility index (Phi) is 7.33. The van der Waals surface area contributed by atoms with Crippen LogP contribution in [0.5, 0.6) is 0 Å². The Bertz CT molecular complexity index is 402. The van der Waals surface area contributed by atoms with Crippen molar-refractivity contribution in [1.29, 1.82) is 0 Å². The van der Waals surface area contributed by atoms with E-state index in [-0.39, 0.29) is 11.9 Å². The number of aromatic nitrogens is 1. The van der Waals surface area contributed by atoms with Crippen molar-refractivity contribution < 1.29 is 9.53 Å². The van der Waals surface area contributed by atoms with Crippen LogP contribution < -0.4 is 10.6 Å². The van der Waals surface area contributed by atoms with E-state index >= 15 is 0 Å².